The summed E-state index contributed by atoms with van der Waals surface area (Å²) in [4.78, 5) is 17.3. The van der Waals surface area contributed by atoms with Crippen LogP contribution in [0.5, 0.6) is 0 Å². The maximum Gasteiger partial charge on any atom is 0.258 e. The summed E-state index contributed by atoms with van der Waals surface area (Å²) in [6, 6.07) is 25.8. The van der Waals surface area contributed by atoms with Crippen molar-refractivity contribution in [3.63, 3.8) is 0 Å². The molecule has 1 amide bonds. The molecule has 0 aliphatic carbocycles. The lowest BCUT2D eigenvalue weighted by Gasteiger charge is -2.15. The Morgan fingerprint density at radius 2 is 1.67 bits per heavy atom. The van der Waals surface area contributed by atoms with Crippen LogP contribution in [0.2, 0.25) is 0 Å². The van der Waals surface area contributed by atoms with E-state index in [9.17, 15) is 4.79 Å². The van der Waals surface area contributed by atoms with Gasteiger partial charge in [0.25, 0.3) is 5.91 Å². The first-order chi connectivity index (χ1) is 14.7. The number of hydrogen-bond donors (Lipinski definition) is 2. The summed E-state index contributed by atoms with van der Waals surface area (Å²) in [6.45, 7) is 0. The van der Waals surface area contributed by atoms with Gasteiger partial charge in [0.1, 0.15) is 0 Å². The topological polar surface area (TPSA) is 59.0 Å². The van der Waals surface area contributed by atoms with Crippen molar-refractivity contribution in [1.29, 1.82) is 0 Å². The number of benzene rings is 3. The number of anilines is 2. The Morgan fingerprint density at radius 3 is 2.40 bits per heavy atom. The van der Waals surface area contributed by atoms with Gasteiger partial charge in [0.2, 0.25) is 0 Å². The van der Waals surface area contributed by atoms with Gasteiger partial charge in [-0.15, -0.1) is 0 Å². The molecule has 1 aliphatic heterocycles. The van der Waals surface area contributed by atoms with Gasteiger partial charge >= 0.3 is 0 Å². The molecule has 0 fully saturated rings. The Bertz CT molecular complexity index is 1250. The van der Waals surface area contributed by atoms with Crippen molar-refractivity contribution in [3.05, 3.63) is 103 Å². The molecule has 5 heteroatoms. The Kier molecular flexibility index (Phi) is 4.41. The van der Waals surface area contributed by atoms with Crippen molar-refractivity contribution in [1.82, 2.24) is 9.55 Å². The van der Waals surface area contributed by atoms with E-state index < -0.39 is 0 Å². The van der Waals surface area contributed by atoms with E-state index in [4.69, 9.17) is 0 Å². The van der Waals surface area contributed by atoms with Crippen molar-refractivity contribution < 1.29 is 4.79 Å². The van der Waals surface area contributed by atoms with Gasteiger partial charge in [-0.1, -0.05) is 60.7 Å². The number of carbonyl (C=O) groups excluding carboxylic acids is 1. The summed E-state index contributed by atoms with van der Waals surface area (Å²) in [6.07, 6.45) is 3.77. The van der Waals surface area contributed by atoms with Crippen LogP contribution < -0.4 is 10.6 Å². The zero-order chi connectivity index (χ0) is 20.5. The number of fused-ring (bicyclic) bond motifs is 1. The number of aromatic nitrogens is 2. The first-order valence-electron chi connectivity index (χ1n) is 9.75. The molecule has 5 rings (SSSR count). The number of amides is 1. The van der Waals surface area contributed by atoms with Crippen LogP contribution in [0.3, 0.4) is 0 Å². The van der Waals surface area contributed by atoms with Gasteiger partial charge in [-0.25, -0.2) is 4.98 Å². The van der Waals surface area contributed by atoms with Crippen molar-refractivity contribution >= 4 is 28.6 Å². The molecule has 0 radical (unpaired) electrons. The fraction of sp³-hybridized carbons (Fsp3) is 0.0400. The van der Waals surface area contributed by atoms with E-state index >= 15 is 0 Å². The summed E-state index contributed by atoms with van der Waals surface area (Å²) in [7, 11) is 1.95. The van der Waals surface area contributed by atoms with Crippen LogP contribution in [0.25, 0.3) is 22.5 Å². The second kappa shape index (κ2) is 7.37. The van der Waals surface area contributed by atoms with Gasteiger partial charge in [0.15, 0.2) is 0 Å². The molecule has 0 saturated heterocycles. The molecule has 30 heavy (non-hydrogen) atoms. The van der Waals surface area contributed by atoms with E-state index in [0.29, 0.717) is 5.57 Å². The predicted octanol–water partition coefficient (Wildman–Crippen LogP) is 5.02. The molecular weight excluding hydrogens is 372 g/mol. The fourth-order valence-corrected chi connectivity index (χ4v) is 3.68. The minimum absolute atomic E-state index is 0.104. The third kappa shape index (κ3) is 3.26. The first-order valence-corrected chi connectivity index (χ1v) is 9.75. The number of rotatable bonds is 4. The average Bonchev–Trinajstić information content (AvgIpc) is 3.35. The molecule has 1 aliphatic rings. The highest BCUT2D eigenvalue weighted by molar-refractivity contribution is 6.37. The van der Waals surface area contributed by atoms with Crippen LogP contribution in [-0.4, -0.2) is 15.5 Å². The minimum atomic E-state index is -0.104. The zero-order valence-corrected chi connectivity index (χ0v) is 16.5. The molecule has 0 bridgehead atoms. The third-order valence-electron chi connectivity index (χ3n) is 5.14. The normalized spacial score (nSPS) is 14.2. The Labute approximate surface area is 174 Å². The van der Waals surface area contributed by atoms with Crippen LogP contribution in [-0.2, 0) is 11.8 Å². The number of aryl methyl sites for hydroxylation is 1. The molecule has 2 N–H and O–H groups in total. The SMILES string of the molecule is Cn1cnc(-c2ccc(NC(=C3C(=O)Nc4ccccc43)c3ccccc3)cc2)c1. The largest absolute Gasteiger partial charge is 0.354 e. The van der Waals surface area contributed by atoms with Gasteiger partial charge in [0.05, 0.1) is 23.3 Å². The molecular formula is C25H20N4O. The van der Waals surface area contributed by atoms with Crippen LogP contribution >= 0.6 is 0 Å². The van der Waals surface area contributed by atoms with E-state index in [1.54, 1.807) is 6.33 Å². The number of hydrogen-bond acceptors (Lipinski definition) is 3. The minimum Gasteiger partial charge on any atom is -0.354 e. The van der Waals surface area contributed by atoms with E-state index in [0.717, 1.165) is 39.5 Å². The molecule has 0 unspecified atom stereocenters. The average molecular weight is 392 g/mol. The molecule has 146 valence electrons. The summed E-state index contributed by atoms with van der Waals surface area (Å²) in [5.74, 6) is -0.104. The van der Waals surface area contributed by atoms with Gasteiger partial charge < -0.3 is 15.2 Å². The number of nitrogens with zero attached hydrogens (tertiary/aromatic N) is 2. The molecule has 4 aromatic rings. The number of para-hydroxylation sites is 1. The summed E-state index contributed by atoms with van der Waals surface area (Å²) < 4.78 is 1.93. The van der Waals surface area contributed by atoms with Gasteiger partial charge in [-0.3, -0.25) is 4.79 Å². The summed E-state index contributed by atoms with van der Waals surface area (Å²) in [5, 5.41) is 6.45. The zero-order valence-electron chi connectivity index (χ0n) is 16.5. The van der Waals surface area contributed by atoms with Gasteiger partial charge in [-0.05, 0) is 23.8 Å². The first kappa shape index (κ1) is 17.9. The maximum atomic E-state index is 12.9. The molecule has 0 spiro atoms. The predicted molar refractivity (Wildman–Crippen MR) is 121 cm³/mol. The van der Waals surface area contributed by atoms with Crippen molar-refractivity contribution in [3.8, 4) is 11.3 Å². The van der Waals surface area contributed by atoms with Crippen molar-refractivity contribution in [2.24, 2.45) is 7.05 Å². The highest BCUT2D eigenvalue weighted by Gasteiger charge is 2.28. The lowest BCUT2D eigenvalue weighted by Crippen LogP contribution is -2.10. The number of nitrogens with one attached hydrogen (secondary N) is 2. The highest BCUT2D eigenvalue weighted by atomic mass is 16.2. The summed E-state index contributed by atoms with van der Waals surface area (Å²) >= 11 is 0. The van der Waals surface area contributed by atoms with E-state index in [1.807, 2.05) is 96.7 Å². The Hall–Kier alpha value is -4.12. The lowest BCUT2D eigenvalue weighted by atomic mass is 10.00. The second-order valence-corrected chi connectivity index (χ2v) is 7.24. The third-order valence-corrected chi connectivity index (χ3v) is 5.14. The van der Waals surface area contributed by atoms with Crippen LogP contribution in [0.15, 0.2) is 91.4 Å². The Morgan fingerprint density at radius 1 is 0.933 bits per heavy atom. The smallest absolute Gasteiger partial charge is 0.258 e. The van der Waals surface area contributed by atoms with Crippen LogP contribution in [0, 0.1) is 0 Å². The van der Waals surface area contributed by atoms with Gasteiger partial charge in [-0.2, -0.15) is 0 Å². The van der Waals surface area contributed by atoms with Crippen LogP contribution in [0.4, 0.5) is 11.4 Å². The molecule has 3 aromatic carbocycles. The quantitative estimate of drug-likeness (QED) is 0.480. The molecule has 5 nitrogen and oxygen atoms in total. The Balaban J connectivity index is 1.57. The number of carbonyl (C=O) groups is 1. The molecule has 1 aromatic heterocycles. The lowest BCUT2D eigenvalue weighted by molar-refractivity contribution is -0.110. The second-order valence-electron chi connectivity index (χ2n) is 7.24. The fourth-order valence-electron chi connectivity index (χ4n) is 3.68. The van der Waals surface area contributed by atoms with Crippen molar-refractivity contribution in [2.75, 3.05) is 10.6 Å². The van der Waals surface area contributed by atoms with Crippen molar-refractivity contribution in [2.45, 2.75) is 0 Å². The van der Waals surface area contributed by atoms with E-state index in [-0.39, 0.29) is 5.91 Å². The standard InChI is InChI=1S/C25H20N4O/c1-29-15-22(26-16-29)17-11-13-19(14-12-17)27-24(18-7-3-2-4-8-18)23-20-9-5-6-10-21(20)28-25(23)30/h2-16,27H,1H3,(H,28,30). The number of imidazole rings is 1. The molecule has 0 atom stereocenters. The monoisotopic (exact) mass is 392 g/mol. The van der Waals surface area contributed by atoms with Gasteiger partial charge in [0, 0.05) is 35.7 Å². The maximum absolute atomic E-state index is 12.9. The summed E-state index contributed by atoms with van der Waals surface area (Å²) in [5.41, 5.74) is 6.98. The molecule has 2 heterocycles. The highest BCUT2D eigenvalue weighted by Crippen LogP contribution is 2.37. The van der Waals surface area contributed by atoms with Crippen LogP contribution in [0.1, 0.15) is 11.1 Å². The van der Waals surface area contributed by atoms with E-state index in [1.165, 1.54) is 0 Å². The van der Waals surface area contributed by atoms with E-state index in [2.05, 4.69) is 15.6 Å². The molecule has 0 saturated carbocycles.